The van der Waals surface area contributed by atoms with Gasteiger partial charge in [-0.25, -0.2) is 14.8 Å². The zero-order chi connectivity index (χ0) is 30.8. The summed E-state index contributed by atoms with van der Waals surface area (Å²) in [6.07, 6.45) is 1.64. The number of fused-ring (bicyclic) bond motifs is 1. The number of H-pyrrole nitrogens is 1. The SMILES string of the molecule is CCOC(=O)C1=C(c2ccccc2)N=c2s/c(=C/c3ccc(Sc4nc(C)cc(=O)[nH]4)o3)c(=O)n2[C@H]1c1ccc(OC)cc1. The van der Waals surface area contributed by atoms with Crippen LogP contribution in [0.5, 0.6) is 5.75 Å². The average Bonchev–Trinajstić information content (AvgIpc) is 3.59. The second-order valence-corrected chi connectivity index (χ2v) is 11.7. The minimum absolute atomic E-state index is 0.162. The van der Waals surface area contributed by atoms with E-state index in [0.29, 0.717) is 48.0 Å². The van der Waals surface area contributed by atoms with Crippen LogP contribution >= 0.6 is 23.1 Å². The van der Waals surface area contributed by atoms with Gasteiger partial charge in [0.15, 0.2) is 15.1 Å². The molecular weight excluding hydrogens is 601 g/mol. The first-order valence-electron chi connectivity index (χ1n) is 13.6. The number of rotatable bonds is 8. The molecule has 1 N–H and O–H groups in total. The van der Waals surface area contributed by atoms with Crippen molar-refractivity contribution in [3.63, 3.8) is 0 Å². The number of ether oxygens (including phenoxy) is 2. The zero-order valence-corrected chi connectivity index (χ0v) is 25.5. The lowest BCUT2D eigenvalue weighted by Crippen LogP contribution is -2.40. The maximum Gasteiger partial charge on any atom is 0.338 e. The van der Waals surface area contributed by atoms with Crippen LogP contribution in [0.25, 0.3) is 11.8 Å². The highest BCUT2D eigenvalue weighted by atomic mass is 32.2. The normalized spacial score (nSPS) is 14.7. The summed E-state index contributed by atoms with van der Waals surface area (Å²) in [5.41, 5.74) is 2.12. The van der Waals surface area contributed by atoms with Gasteiger partial charge in [0.2, 0.25) is 0 Å². The molecule has 10 nitrogen and oxygen atoms in total. The fraction of sp³-hybridized carbons (Fsp3) is 0.156. The van der Waals surface area contributed by atoms with Gasteiger partial charge >= 0.3 is 5.97 Å². The number of esters is 1. The highest BCUT2D eigenvalue weighted by molar-refractivity contribution is 7.99. The lowest BCUT2D eigenvalue weighted by atomic mass is 9.93. The number of benzene rings is 2. The van der Waals surface area contributed by atoms with Crippen molar-refractivity contribution in [1.29, 1.82) is 0 Å². The zero-order valence-electron chi connectivity index (χ0n) is 23.9. The summed E-state index contributed by atoms with van der Waals surface area (Å²) >= 11 is 2.36. The molecule has 3 aromatic heterocycles. The van der Waals surface area contributed by atoms with Gasteiger partial charge in [0.05, 0.1) is 35.6 Å². The van der Waals surface area contributed by atoms with Gasteiger partial charge < -0.3 is 18.9 Å². The quantitative estimate of drug-likeness (QED) is 0.202. The average molecular weight is 627 g/mol. The van der Waals surface area contributed by atoms with Crippen molar-refractivity contribution in [3.05, 3.63) is 131 Å². The smallest absolute Gasteiger partial charge is 0.338 e. The minimum atomic E-state index is -0.805. The Morgan fingerprint density at radius 2 is 1.89 bits per heavy atom. The van der Waals surface area contributed by atoms with E-state index < -0.39 is 12.0 Å². The summed E-state index contributed by atoms with van der Waals surface area (Å²) in [5.74, 6) is 0.518. The van der Waals surface area contributed by atoms with Gasteiger partial charge in [-0.05, 0) is 55.4 Å². The molecule has 5 aromatic rings. The third kappa shape index (κ3) is 5.81. The Morgan fingerprint density at radius 1 is 1.11 bits per heavy atom. The van der Waals surface area contributed by atoms with Gasteiger partial charge in [-0.1, -0.05) is 53.8 Å². The monoisotopic (exact) mass is 626 g/mol. The van der Waals surface area contributed by atoms with Crippen LogP contribution in [0.3, 0.4) is 0 Å². The molecular formula is C32H26N4O6S2. The number of nitrogens with one attached hydrogen (secondary N) is 1. The predicted molar refractivity (Wildman–Crippen MR) is 166 cm³/mol. The summed E-state index contributed by atoms with van der Waals surface area (Å²) in [7, 11) is 1.57. The summed E-state index contributed by atoms with van der Waals surface area (Å²) in [6, 6.07) is 20.7. The Bertz CT molecular complexity index is 2130. The molecule has 12 heteroatoms. The van der Waals surface area contributed by atoms with Crippen molar-refractivity contribution in [1.82, 2.24) is 14.5 Å². The largest absolute Gasteiger partial charge is 0.497 e. The molecule has 0 saturated heterocycles. The van der Waals surface area contributed by atoms with Crippen LogP contribution in [-0.4, -0.2) is 34.2 Å². The van der Waals surface area contributed by atoms with Crippen LogP contribution in [0.15, 0.2) is 108 Å². The van der Waals surface area contributed by atoms with Crippen LogP contribution in [0.1, 0.15) is 35.5 Å². The molecule has 1 aliphatic rings. The second-order valence-electron chi connectivity index (χ2n) is 9.66. The van der Waals surface area contributed by atoms with Gasteiger partial charge in [-0.3, -0.25) is 14.2 Å². The molecule has 222 valence electrons. The molecule has 0 saturated carbocycles. The minimum Gasteiger partial charge on any atom is -0.497 e. The van der Waals surface area contributed by atoms with E-state index in [-0.39, 0.29) is 23.3 Å². The number of aryl methyl sites for hydroxylation is 1. The van der Waals surface area contributed by atoms with Gasteiger partial charge in [0, 0.05) is 23.4 Å². The Hall–Kier alpha value is -4.94. The maximum atomic E-state index is 14.1. The first-order valence-corrected chi connectivity index (χ1v) is 15.3. The highest BCUT2D eigenvalue weighted by Gasteiger charge is 2.35. The first kappa shape index (κ1) is 29.1. The number of hydrogen-bond acceptors (Lipinski definition) is 10. The molecule has 1 atom stereocenters. The molecule has 0 spiro atoms. The molecule has 6 rings (SSSR count). The van der Waals surface area contributed by atoms with Crippen molar-refractivity contribution < 1.29 is 18.7 Å². The second kappa shape index (κ2) is 12.3. The highest BCUT2D eigenvalue weighted by Crippen LogP contribution is 2.35. The fourth-order valence-corrected chi connectivity index (χ4v) is 6.62. The topological polar surface area (TPSA) is 129 Å². The van der Waals surface area contributed by atoms with E-state index in [0.717, 1.165) is 5.56 Å². The number of furan rings is 1. The molecule has 1 aliphatic heterocycles. The van der Waals surface area contributed by atoms with Crippen LogP contribution in [-0.2, 0) is 9.53 Å². The van der Waals surface area contributed by atoms with Crippen LogP contribution in [0.4, 0.5) is 0 Å². The summed E-state index contributed by atoms with van der Waals surface area (Å²) in [6.45, 7) is 3.64. The van der Waals surface area contributed by atoms with E-state index in [2.05, 4.69) is 9.97 Å². The van der Waals surface area contributed by atoms with Crippen molar-refractivity contribution in [2.45, 2.75) is 30.1 Å². The Balaban J connectivity index is 1.50. The lowest BCUT2D eigenvalue weighted by Gasteiger charge is -2.26. The number of methoxy groups -OCH3 is 1. The Kier molecular flexibility index (Phi) is 8.18. The number of thiazole rings is 1. The number of aromatic amines is 1. The predicted octanol–water partition coefficient (Wildman–Crippen LogP) is 4.08. The summed E-state index contributed by atoms with van der Waals surface area (Å²) in [5, 5.41) is 0.888. The van der Waals surface area contributed by atoms with E-state index in [9.17, 15) is 14.4 Å². The molecule has 0 unspecified atom stereocenters. The molecule has 0 radical (unpaired) electrons. The number of carbonyl (C=O) groups excluding carboxylic acids is 1. The van der Waals surface area contributed by atoms with Crippen molar-refractivity contribution >= 4 is 40.8 Å². The summed E-state index contributed by atoms with van der Waals surface area (Å²) < 4.78 is 18.7. The third-order valence-electron chi connectivity index (χ3n) is 6.73. The molecule has 2 aromatic carbocycles. The third-order valence-corrected chi connectivity index (χ3v) is 8.52. The molecule has 44 heavy (non-hydrogen) atoms. The molecule has 0 fully saturated rings. The van der Waals surface area contributed by atoms with Crippen LogP contribution < -0.4 is 25.2 Å². The van der Waals surface area contributed by atoms with Crippen LogP contribution in [0.2, 0.25) is 0 Å². The molecule has 4 heterocycles. The number of hydrogen-bond donors (Lipinski definition) is 1. The lowest BCUT2D eigenvalue weighted by molar-refractivity contribution is -0.138. The fourth-order valence-electron chi connectivity index (χ4n) is 4.83. The first-order chi connectivity index (χ1) is 21.3. The van der Waals surface area contributed by atoms with Crippen molar-refractivity contribution in [3.8, 4) is 5.75 Å². The van der Waals surface area contributed by atoms with E-state index in [1.807, 2.05) is 42.5 Å². The van der Waals surface area contributed by atoms with E-state index >= 15 is 0 Å². The van der Waals surface area contributed by atoms with Gasteiger partial charge in [-0.15, -0.1) is 0 Å². The number of aromatic nitrogens is 3. The molecule has 0 aliphatic carbocycles. The standard InChI is InChI=1S/C32H26N4O6S2/c1-4-41-30(39)26-27(19-8-6-5-7-9-19)35-32-36(28(26)20-10-12-21(40-3)13-11-20)29(38)23(43-32)17-22-14-15-25(42-22)44-31-33-18(2)16-24(37)34-31/h5-17,28H,4H2,1-3H3,(H,33,34,37)/b23-17+/t28-/m0/s1. The number of carbonyl (C=O) groups is 1. The van der Waals surface area contributed by atoms with Gasteiger partial charge in [0.25, 0.3) is 11.1 Å². The Labute approximate surface area is 259 Å². The van der Waals surface area contributed by atoms with Crippen molar-refractivity contribution in [2.75, 3.05) is 13.7 Å². The van der Waals surface area contributed by atoms with E-state index in [1.165, 1.54) is 33.7 Å². The van der Waals surface area contributed by atoms with Crippen LogP contribution in [0, 0.1) is 6.92 Å². The number of nitrogens with zero attached hydrogens (tertiary/aromatic N) is 3. The molecule has 0 bridgehead atoms. The van der Waals surface area contributed by atoms with Gasteiger partial charge in [-0.2, -0.15) is 0 Å². The molecule has 0 amide bonds. The Morgan fingerprint density at radius 3 is 2.59 bits per heavy atom. The van der Waals surface area contributed by atoms with Gasteiger partial charge in [0.1, 0.15) is 11.5 Å². The summed E-state index contributed by atoms with van der Waals surface area (Å²) in [4.78, 5) is 51.7. The van der Waals surface area contributed by atoms with Crippen molar-refractivity contribution in [2.24, 2.45) is 4.99 Å². The van der Waals surface area contributed by atoms with E-state index in [1.54, 1.807) is 51.3 Å². The van der Waals surface area contributed by atoms with E-state index in [4.69, 9.17) is 18.9 Å². The maximum absolute atomic E-state index is 14.1.